The zero-order valence-electron chi connectivity index (χ0n) is 6.94. The van der Waals surface area contributed by atoms with Gasteiger partial charge in [0.15, 0.2) is 0 Å². The molecule has 0 aliphatic heterocycles. The van der Waals surface area contributed by atoms with Crippen molar-refractivity contribution in [3.05, 3.63) is 0 Å². The summed E-state index contributed by atoms with van der Waals surface area (Å²) in [5.41, 5.74) is 0. The van der Waals surface area contributed by atoms with Gasteiger partial charge in [-0.1, -0.05) is 0 Å². The Labute approximate surface area is 64.3 Å². The predicted octanol–water partition coefficient (Wildman–Crippen LogP) is 1.62. The summed E-state index contributed by atoms with van der Waals surface area (Å²) in [5, 5.41) is 0. The van der Waals surface area contributed by atoms with Crippen LogP contribution in [-0.4, -0.2) is 21.4 Å². The molecule has 0 aromatic rings. The van der Waals surface area contributed by atoms with E-state index in [-0.39, 0.29) is 5.78 Å². The van der Waals surface area contributed by atoms with Gasteiger partial charge in [0.25, 0.3) is 0 Å². The van der Waals surface area contributed by atoms with Crippen molar-refractivity contribution in [3.8, 4) is 0 Å². The third-order valence-electron chi connectivity index (χ3n) is 1.06. The molecule has 59 valence electrons. The summed E-state index contributed by atoms with van der Waals surface area (Å²) in [6, 6.07) is 0. The van der Waals surface area contributed by atoms with Crippen molar-refractivity contribution in [1.29, 1.82) is 0 Å². The van der Waals surface area contributed by atoms with Gasteiger partial charge in [-0.15, -0.1) is 0 Å². The van der Waals surface area contributed by atoms with Gasteiger partial charge in [-0.2, -0.15) is 0 Å². The molecule has 10 heavy (non-hydrogen) atoms. The van der Waals surface area contributed by atoms with Gasteiger partial charge in [0.05, 0.1) is 0 Å². The molecule has 0 atom stereocenters. The minimum atomic E-state index is -0.544. The first-order valence-corrected chi connectivity index (χ1v) is 5.96. The normalized spacial score (nSPS) is 10.4. The fourth-order valence-corrected chi connectivity index (χ4v) is 1.15. The number of hydrogen-bond acceptors (Lipinski definition) is 2. The molecule has 0 fully saturated rings. The second-order valence-corrected chi connectivity index (χ2v) is 4.67. The smallest absolute Gasteiger partial charge is 0.204 e. The molecule has 0 spiro atoms. The maximum absolute atomic E-state index is 10.4. The van der Waals surface area contributed by atoms with Crippen molar-refractivity contribution in [2.75, 3.05) is 6.61 Å². The molecular formula is C7H15O2Si. The molecule has 0 bridgehead atoms. The van der Waals surface area contributed by atoms with Crippen LogP contribution in [-0.2, 0) is 9.22 Å². The van der Waals surface area contributed by atoms with Gasteiger partial charge < -0.3 is 9.22 Å². The lowest BCUT2D eigenvalue weighted by molar-refractivity contribution is -0.117. The van der Waals surface area contributed by atoms with Crippen LogP contribution in [0.3, 0.4) is 0 Å². The highest BCUT2D eigenvalue weighted by Gasteiger charge is 1.96. The zero-order chi connectivity index (χ0) is 7.98. The van der Waals surface area contributed by atoms with Crippen molar-refractivity contribution < 1.29 is 9.22 Å². The lowest BCUT2D eigenvalue weighted by Crippen LogP contribution is -2.09. The Kier molecular flexibility index (Phi) is 5.53. The number of hydrogen-bond donors (Lipinski definition) is 0. The minimum Gasteiger partial charge on any atom is -0.417 e. The Morgan fingerprint density at radius 3 is 2.50 bits per heavy atom. The van der Waals surface area contributed by atoms with Gasteiger partial charge in [0.1, 0.15) is 5.78 Å². The Morgan fingerprint density at radius 2 is 2.10 bits per heavy atom. The van der Waals surface area contributed by atoms with Gasteiger partial charge >= 0.3 is 0 Å². The predicted molar refractivity (Wildman–Crippen MR) is 43.3 cm³/mol. The van der Waals surface area contributed by atoms with Gasteiger partial charge in [0, 0.05) is 13.0 Å². The van der Waals surface area contributed by atoms with Crippen molar-refractivity contribution in [2.45, 2.75) is 32.9 Å². The third-order valence-corrected chi connectivity index (χ3v) is 1.85. The van der Waals surface area contributed by atoms with E-state index in [0.717, 1.165) is 13.0 Å². The maximum Gasteiger partial charge on any atom is 0.204 e. The van der Waals surface area contributed by atoms with Crippen LogP contribution in [0, 0.1) is 0 Å². The van der Waals surface area contributed by atoms with E-state index in [4.69, 9.17) is 4.43 Å². The first-order valence-electron chi connectivity index (χ1n) is 3.55. The van der Waals surface area contributed by atoms with Gasteiger partial charge in [-0.3, -0.25) is 0 Å². The average Bonchev–Trinajstić information content (AvgIpc) is 1.79. The molecule has 0 aliphatic carbocycles. The van der Waals surface area contributed by atoms with Gasteiger partial charge in [0.2, 0.25) is 9.04 Å². The standard InChI is InChI=1S/C7H15O2Si/c1-7(8)5-4-6-9-10(2)3/h4-6H2,1-3H3. The van der Waals surface area contributed by atoms with Crippen molar-refractivity contribution >= 4 is 14.8 Å². The molecule has 0 amide bonds. The number of carbonyl (C=O) groups excluding carboxylic acids is 1. The van der Waals surface area contributed by atoms with E-state index in [1.807, 2.05) is 0 Å². The van der Waals surface area contributed by atoms with E-state index in [2.05, 4.69) is 13.1 Å². The summed E-state index contributed by atoms with van der Waals surface area (Å²) in [5.74, 6) is 0.254. The summed E-state index contributed by atoms with van der Waals surface area (Å²) >= 11 is 0. The van der Waals surface area contributed by atoms with Crippen molar-refractivity contribution in [3.63, 3.8) is 0 Å². The molecule has 2 nitrogen and oxygen atoms in total. The van der Waals surface area contributed by atoms with Crippen LogP contribution >= 0.6 is 0 Å². The average molecular weight is 159 g/mol. The Hall–Kier alpha value is -0.153. The quantitative estimate of drug-likeness (QED) is 0.450. The monoisotopic (exact) mass is 159 g/mol. The molecule has 0 unspecified atom stereocenters. The molecular weight excluding hydrogens is 144 g/mol. The van der Waals surface area contributed by atoms with Crippen LogP contribution in [0.25, 0.3) is 0 Å². The lowest BCUT2D eigenvalue weighted by Gasteiger charge is -2.03. The highest BCUT2D eigenvalue weighted by Crippen LogP contribution is 1.92. The first kappa shape index (κ1) is 9.85. The Morgan fingerprint density at radius 1 is 1.50 bits per heavy atom. The molecule has 1 radical (unpaired) electrons. The molecule has 0 saturated carbocycles. The van der Waals surface area contributed by atoms with Crippen LogP contribution in [0.2, 0.25) is 13.1 Å². The molecule has 0 rings (SSSR count). The molecule has 0 heterocycles. The number of ketones is 1. The van der Waals surface area contributed by atoms with Crippen LogP contribution in [0.5, 0.6) is 0 Å². The summed E-state index contributed by atoms with van der Waals surface area (Å²) in [6.07, 6.45) is 1.54. The second kappa shape index (κ2) is 5.62. The fourth-order valence-electron chi connectivity index (χ4n) is 0.597. The molecule has 0 saturated heterocycles. The molecule has 0 aromatic carbocycles. The van der Waals surface area contributed by atoms with E-state index in [9.17, 15) is 4.79 Å². The SMILES string of the molecule is CC(=O)CCCO[Si](C)C. The van der Waals surface area contributed by atoms with E-state index < -0.39 is 9.04 Å². The third kappa shape index (κ3) is 7.85. The van der Waals surface area contributed by atoms with Crippen molar-refractivity contribution in [1.82, 2.24) is 0 Å². The van der Waals surface area contributed by atoms with E-state index in [0.29, 0.717) is 6.42 Å². The van der Waals surface area contributed by atoms with E-state index >= 15 is 0 Å². The number of Topliss-reactive ketones (excluding diaryl/α,β-unsaturated/α-hetero) is 1. The van der Waals surface area contributed by atoms with Gasteiger partial charge in [-0.25, -0.2) is 0 Å². The Balaban J connectivity index is 2.98. The summed E-state index contributed by atoms with van der Waals surface area (Å²) in [4.78, 5) is 10.4. The molecule has 0 aliphatic rings. The largest absolute Gasteiger partial charge is 0.417 e. The zero-order valence-corrected chi connectivity index (χ0v) is 7.94. The highest BCUT2D eigenvalue weighted by molar-refractivity contribution is 6.48. The van der Waals surface area contributed by atoms with E-state index in [1.165, 1.54) is 0 Å². The lowest BCUT2D eigenvalue weighted by atomic mass is 10.2. The van der Waals surface area contributed by atoms with E-state index in [1.54, 1.807) is 6.92 Å². The van der Waals surface area contributed by atoms with Crippen LogP contribution in [0.15, 0.2) is 0 Å². The van der Waals surface area contributed by atoms with Crippen LogP contribution in [0.1, 0.15) is 19.8 Å². The molecule has 0 N–H and O–H groups in total. The summed E-state index contributed by atoms with van der Waals surface area (Å²) < 4.78 is 5.34. The summed E-state index contributed by atoms with van der Waals surface area (Å²) in [6.45, 7) is 6.56. The number of rotatable bonds is 5. The van der Waals surface area contributed by atoms with Crippen molar-refractivity contribution in [2.24, 2.45) is 0 Å². The van der Waals surface area contributed by atoms with Gasteiger partial charge in [-0.05, 0) is 26.4 Å². The number of carbonyl (C=O) groups is 1. The maximum atomic E-state index is 10.4. The van der Waals surface area contributed by atoms with Crippen LogP contribution in [0.4, 0.5) is 0 Å². The first-order chi connectivity index (χ1) is 4.63. The molecule has 3 heteroatoms. The van der Waals surface area contributed by atoms with Crippen LogP contribution < -0.4 is 0 Å². The summed E-state index contributed by atoms with van der Waals surface area (Å²) in [7, 11) is -0.544. The topological polar surface area (TPSA) is 26.3 Å². The fraction of sp³-hybridized carbons (Fsp3) is 0.857. The minimum absolute atomic E-state index is 0.254. The molecule has 0 aromatic heterocycles. The Bertz CT molecular complexity index is 102. The second-order valence-electron chi connectivity index (χ2n) is 2.56. The highest BCUT2D eigenvalue weighted by atomic mass is 28.3.